The number of imide groups is 1. The molecule has 1 aliphatic heterocycles. The first-order chi connectivity index (χ1) is 13.5. The van der Waals surface area contributed by atoms with E-state index in [1.807, 2.05) is 24.3 Å². The van der Waals surface area contributed by atoms with Crippen LogP contribution in [-0.2, 0) is 9.59 Å². The summed E-state index contributed by atoms with van der Waals surface area (Å²) >= 11 is 0. The van der Waals surface area contributed by atoms with E-state index in [9.17, 15) is 14.4 Å². The highest BCUT2D eigenvalue weighted by molar-refractivity contribution is 6.01. The molecule has 142 valence electrons. The molecule has 0 saturated carbocycles. The molecule has 8 heteroatoms. The molecule has 4 amide bonds. The number of nitrogens with one attached hydrogen (secondary N) is 3. The van der Waals surface area contributed by atoms with Gasteiger partial charge in [0.05, 0.1) is 5.92 Å². The Morgan fingerprint density at radius 2 is 1.89 bits per heavy atom. The van der Waals surface area contributed by atoms with Gasteiger partial charge in [-0.1, -0.05) is 12.1 Å². The number of rotatable bonds is 4. The zero-order chi connectivity index (χ0) is 19.7. The molecule has 1 saturated heterocycles. The second-order valence-electron chi connectivity index (χ2n) is 6.67. The number of amides is 4. The fourth-order valence-corrected chi connectivity index (χ4v) is 3.15. The molecule has 0 spiro atoms. The number of carbonyl (C=O) groups excluding carboxylic acids is 3. The van der Waals surface area contributed by atoms with Crippen LogP contribution in [0.1, 0.15) is 13.3 Å². The summed E-state index contributed by atoms with van der Waals surface area (Å²) in [5.74, 6) is -0.866. The third kappa shape index (κ3) is 3.57. The molecule has 1 aromatic heterocycles. The van der Waals surface area contributed by atoms with E-state index in [0.29, 0.717) is 17.2 Å². The van der Waals surface area contributed by atoms with Crippen molar-refractivity contribution in [2.75, 3.05) is 5.32 Å². The van der Waals surface area contributed by atoms with Crippen molar-refractivity contribution in [1.29, 1.82) is 0 Å². The number of benzene rings is 2. The predicted octanol–water partition coefficient (Wildman–Crippen LogP) is 2.67. The number of fused-ring (bicyclic) bond motifs is 1. The summed E-state index contributed by atoms with van der Waals surface area (Å²) in [7, 11) is 0. The molecule has 2 aromatic carbocycles. The van der Waals surface area contributed by atoms with E-state index in [0.717, 1.165) is 11.1 Å². The van der Waals surface area contributed by atoms with Crippen molar-refractivity contribution in [2.24, 2.45) is 5.92 Å². The number of carbonyl (C=O) groups is 3. The fourth-order valence-electron chi connectivity index (χ4n) is 3.15. The average molecular weight is 378 g/mol. The van der Waals surface area contributed by atoms with Gasteiger partial charge in [-0.25, -0.2) is 9.78 Å². The molecule has 0 bridgehead atoms. The summed E-state index contributed by atoms with van der Waals surface area (Å²) in [4.78, 5) is 39.9. The normalized spacial score (nSPS) is 19.2. The van der Waals surface area contributed by atoms with Crippen molar-refractivity contribution >= 4 is 34.6 Å². The van der Waals surface area contributed by atoms with Crippen LogP contribution < -0.4 is 16.0 Å². The standard InChI is InChI=1S/C20H18N4O4/c1-11-14(18(26)24-20(27)21-11)10-17(25)22-13-8-6-12(7-9-13)19-23-15-4-2-3-5-16(15)28-19/h2-9,11,14H,10H2,1H3,(H,22,25)(H2,21,24,26,27). The van der Waals surface area contributed by atoms with Crippen molar-refractivity contribution in [3.05, 3.63) is 48.5 Å². The topological polar surface area (TPSA) is 113 Å². The number of nitrogens with zero attached hydrogens (tertiary/aromatic N) is 1. The summed E-state index contributed by atoms with van der Waals surface area (Å²) in [6, 6.07) is 13.7. The highest BCUT2D eigenvalue weighted by Crippen LogP contribution is 2.25. The molecule has 8 nitrogen and oxygen atoms in total. The minimum atomic E-state index is -0.614. The van der Waals surface area contributed by atoms with Crippen LogP contribution in [0.25, 0.3) is 22.6 Å². The maximum absolute atomic E-state index is 12.3. The number of urea groups is 1. The van der Waals surface area contributed by atoms with E-state index < -0.39 is 23.9 Å². The highest BCUT2D eigenvalue weighted by atomic mass is 16.3. The molecule has 4 rings (SSSR count). The first kappa shape index (κ1) is 17.7. The van der Waals surface area contributed by atoms with Crippen molar-refractivity contribution < 1.29 is 18.8 Å². The van der Waals surface area contributed by atoms with E-state index in [2.05, 4.69) is 20.9 Å². The third-order valence-electron chi connectivity index (χ3n) is 4.65. The molecule has 2 heterocycles. The van der Waals surface area contributed by atoms with Gasteiger partial charge in [0.2, 0.25) is 17.7 Å². The molecule has 3 aromatic rings. The summed E-state index contributed by atoms with van der Waals surface area (Å²) in [5, 5.41) is 7.54. The molecule has 28 heavy (non-hydrogen) atoms. The van der Waals surface area contributed by atoms with Crippen LogP contribution in [0.2, 0.25) is 0 Å². The molecule has 0 radical (unpaired) electrons. The maximum Gasteiger partial charge on any atom is 0.321 e. The van der Waals surface area contributed by atoms with Crippen molar-refractivity contribution in [3.8, 4) is 11.5 Å². The third-order valence-corrected chi connectivity index (χ3v) is 4.65. The van der Waals surface area contributed by atoms with Crippen LogP contribution in [0, 0.1) is 5.92 Å². The first-order valence-electron chi connectivity index (χ1n) is 8.87. The molecule has 2 atom stereocenters. The molecule has 1 fully saturated rings. The van der Waals surface area contributed by atoms with Crippen LogP contribution in [0.15, 0.2) is 52.9 Å². The smallest absolute Gasteiger partial charge is 0.321 e. The highest BCUT2D eigenvalue weighted by Gasteiger charge is 2.34. The Hall–Kier alpha value is -3.68. The lowest BCUT2D eigenvalue weighted by molar-refractivity contribution is -0.129. The Balaban J connectivity index is 1.42. The summed E-state index contributed by atoms with van der Waals surface area (Å²) < 4.78 is 5.73. The number of anilines is 1. The van der Waals surface area contributed by atoms with Crippen molar-refractivity contribution in [1.82, 2.24) is 15.6 Å². The second kappa shape index (κ2) is 7.15. The zero-order valence-electron chi connectivity index (χ0n) is 15.1. The Bertz CT molecular complexity index is 1020. The lowest BCUT2D eigenvalue weighted by Crippen LogP contribution is -2.57. The van der Waals surface area contributed by atoms with E-state index in [-0.39, 0.29) is 12.3 Å². The van der Waals surface area contributed by atoms with Crippen LogP contribution in [0.5, 0.6) is 0 Å². The number of oxazole rings is 1. The molecule has 1 aliphatic rings. The molecule has 0 aliphatic carbocycles. The Kier molecular flexibility index (Phi) is 4.52. The zero-order valence-corrected chi connectivity index (χ0v) is 15.1. The van der Waals surface area contributed by atoms with Crippen LogP contribution in [0.4, 0.5) is 10.5 Å². The quantitative estimate of drug-likeness (QED) is 0.646. The number of aromatic nitrogens is 1. The Morgan fingerprint density at radius 3 is 2.61 bits per heavy atom. The molecule has 3 N–H and O–H groups in total. The van der Waals surface area contributed by atoms with Crippen molar-refractivity contribution in [3.63, 3.8) is 0 Å². The SMILES string of the molecule is CC1NC(=O)NC(=O)C1CC(=O)Nc1ccc(-c2nc3ccccc3o2)cc1. The number of hydrogen-bond acceptors (Lipinski definition) is 5. The number of hydrogen-bond donors (Lipinski definition) is 3. The first-order valence-corrected chi connectivity index (χ1v) is 8.87. The van der Waals surface area contributed by atoms with E-state index >= 15 is 0 Å². The van der Waals surface area contributed by atoms with Gasteiger partial charge in [-0.2, -0.15) is 0 Å². The van der Waals surface area contributed by atoms with Gasteiger partial charge in [-0.15, -0.1) is 0 Å². The maximum atomic E-state index is 12.3. The minimum absolute atomic E-state index is 0.0276. The second-order valence-corrected chi connectivity index (χ2v) is 6.67. The van der Waals surface area contributed by atoms with Gasteiger partial charge >= 0.3 is 6.03 Å². The monoisotopic (exact) mass is 378 g/mol. The van der Waals surface area contributed by atoms with Gasteiger partial charge in [-0.05, 0) is 43.3 Å². The summed E-state index contributed by atoms with van der Waals surface area (Å²) in [5.41, 5.74) is 2.87. The van der Waals surface area contributed by atoms with E-state index in [4.69, 9.17) is 4.42 Å². The molecular weight excluding hydrogens is 360 g/mol. The Morgan fingerprint density at radius 1 is 1.14 bits per heavy atom. The summed E-state index contributed by atoms with van der Waals surface area (Å²) in [6.07, 6.45) is -0.0276. The van der Waals surface area contributed by atoms with Gasteiger partial charge in [-0.3, -0.25) is 14.9 Å². The summed E-state index contributed by atoms with van der Waals surface area (Å²) in [6.45, 7) is 1.70. The van der Waals surface area contributed by atoms with Gasteiger partial charge in [0.15, 0.2) is 5.58 Å². The van der Waals surface area contributed by atoms with Gasteiger partial charge in [0.1, 0.15) is 5.52 Å². The van der Waals surface area contributed by atoms with Gasteiger partial charge in [0.25, 0.3) is 0 Å². The largest absolute Gasteiger partial charge is 0.436 e. The predicted molar refractivity (Wildman–Crippen MR) is 102 cm³/mol. The average Bonchev–Trinajstić information content (AvgIpc) is 3.09. The lowest BCUT2D eigenvalue weighted by Gasteiger charge is -2.28. The van der Waals surface area contributed by atoms with Crippen LogP contribution in [-0.4, -0.2) is 28.9 Å². The molecule has 2 unspecified atom stereocenters. The van der Waals surface area contributed by atoms with Gasteiger partial charge < -0.3 is 15.1 Å². The lowest BCUT2D eigenvalue weighted by atomic mass is 9.94. The fraction of sp³-hybridized carbons (Fsp3) is 0.200. The van der Waals surface area contributed by atoms with Crippen molar-refractivity contribution in [2.45, 2.75) is 19.4 Å². The van der Waals surface area contributed by atoms with Gasteiger partial charge in [0, 0.05) is 23.7 Å². The van der Waals surface area contributed by atoms with Crippen LogP contribution in [0.3, 0.4) is 0 Å². The number of para-hydroxylation sites is 2. The van der Waals surface area contributed by atoms with Crippen LogP contribution >= 0.6 is 0 Å². The minimum Gasteiger partial charge on any atom is -0.436 e. The van der Waals surface area contributed by atoms with E-state index in [1.165, 1.54) is 0 Å². The van der Waals surface area contributed by atoms with E-state index in [1.54, 1.807) is 31.2 Å². The molecular formula is C20H18N4O4. The Labute approximate surface area is 160 Å².